The lowest BCUT2D eigenvalue weighted by Crippen LogP contribution is -2.18. The van der Waals surface area contributed by atoms with Crippen LogP contribution in [0.1, 0.15) is 13.8 Å². The number of phenolic OH excluding ortho intramolecular Hbond substituents is 1. The summed E-state index contributed by atoms with van der Waals surface area (Å²) in [7, 11) is 0. The minimum absolute atomic E-state index is 0.0121. The van der Waals surface area contributed by atoms with E-state index in [1.165, 1.54) is 23.1 Å². The van der Waals surface area contributed by atoms with Gasteiger partial charge in [-0.1, -0.05) is 0 Å². The molecule has 0 fully saturated rings. The van der Waals surface area contributed by atoms with Gasteiger partial charge in [0.1, 0.15) is 30.2 Å². The van der Waals surface area contributed by atoms with E-state index < -0.39 is 5.91 Å². The number of fused-ring (bicyclic) bond motifs is 1. The van der Waals surface area contributed by atoms with Crippen LogP contribution in [0, 0.1) is 0 Å². The third-order valence-electron chi connectivity index (χ3n) is 3.26. The molecule has 0 unspecified atom stereocenters. The van der Waals surface area contributed by atoms with E-state index in [1.54, 1.807) is 12.4 Å². The molecule has 2 heterocycles. The van der Waals surface area contributed by atoms with Crippen LogP contribution in [0.15, 0.2) is 30.9 Å². The molecule has 9 nitrogen and oxygen atoms in total. The number of hydrogen-bond donors (Lipinski definition) is 3. The third-order valence-corrected chi connectivity index (χ3v) is 3.26. The molecule has 1 aromatic carbocycles. The number of phenols is 1. The Morgan fingerprint density at radius 3 is 2.92 bits per heavy atom. The number of primary amides is 1. The Kier molecular flexibility index (Phi) is 4.38. The zero-order valence-corrected chi connectivity index (χ0v) is 13.8. The molecule has 2 aromatic heterocycles. The monoisotopic (exact) mass is 342 g/mol. The van der Waals surface area contributed by atoms with Gasteiger partial charge in [0.15, 0.2) is 0 Å². The van der Waals surface area contributed by atoms with Crippen LogP contribution in [0.2, 0.25) is 0 Å². The predicted molar refractivity (Wildman–Crippen MR) is 91.7 cm³/mol. The molecule has 130 valence electrons. The number of nitrogens with zero attached hydrogens (tertiary/aromatic N) is 4. The third kappa shape index (κ3) is 3.77. The summed E-state index contributed by atoms with van der Waals surface area (Å²) in [5.41, 5.74) is 6.33. The van der Waals surface area contributed by atoms with Crippen molar-refractivity contribution < 1.29 is 14.6 Å². The molecule has 0 atom stereocenters. The SMILES string of the molecule is CC(C)Oc1cc(O)cc2ncnc(Nc3cnn(CC(N)=O)c3)c12. The summed E-state index contributed by atoms with van der Waals surface area (Å²) in [5.74, 6) is 0.546. The van der Waals surface area contributed by atoms with Crippen molar-refractivity contribution in [2.24, 2.45) is 5.73 Å². The van der Waals surface area contributed by atoms with E-state index in [9.17, 15) is 9.90 Å². The normalized spacial score (nSPS) is 11.0. The molecule has 0 aliphatic heterocycles. The fraction of sp³-hybridized carbons (Fsp3) is 0.250. The van der Waals surface area contributed by atoms with E-state index in [-0.39, 0.29) is 18.4 Å². The number of hydrogen-bond acceptors (Lipinski definition) is 7. The fourth-order valence-corrected chi connectivity index (χ4v) is 2.39. The maximum absolute atomic E-state index is 11.0. The molecular formula is C16H18N6O3. The van der Waals surface area contributed by atoms with Gasteiger partial charge in [0.05, 0.1) is 28.9 Å². The van der Waals surface area contributed by atoms with Crippen molar-refractivity contribution in [3.8, 4) is 11.5 Å². The summed E-state index contributed by atoms with van der Waals surface area (Å²) in [6, 6.07) is 3.05. The lowest BCUT2D eigenvalue weighted by molar-refractivity contribution is -0.118. The number of carbonyl (C=O) groups is 1. The number of aromatic hydroxyl groups is 1. The van der Waals surface area contributed by atoms with E-state index in [2.05, 4.69) is 20.4 Å². The molecule has 0 radical (unpaired) electrons. The van der Waals surface area contributed by atoms with Crippen LogP contribution >= 0.6 is 0 Å². The average Bonchev–Trinajstić information content (AvgIpc) is 2.92. The second-order valence-corrected chi connectivity index (χ2v) is 5.74. The molecule has 3 rings (SSSR count). The van der Waals surface area contributed by atoms with Crippen LogP contribution in [0.5, 0.6) is 11.5 Å². The zero-order chi connectivity index (χ0) is 18.0. The van der Waals surface area contributed by atoms with Crippen molar-refractivity contribution in [2.75, 3.05) is 5.32 Å². The maximum atomic E-state index is 11.0. The zero-order valence-electron chi connectivity index (χ0n) is 13.8. The first-order valence-corrected chi connectivity index (χ1v) is 7.64. The number of amides is 1. The molecule has 0 saturated heterocycles. The van der Waals surface area contributed by atoms with Gasteiger partial charge in [0.2, 0.25) is 5.91 Å². The average molecular weight is 342 g/mol. The molecular weight excluding hydrogens is 324 g/mol. The Hall–Kier alpha value is -3.36. The highest BCUT2D eigenvalue weighted by molar-refractivity contribution is 5.96. The quantitative estimate of drug-likeness (QED) is 0.620. The van der Waals surface area contributed by atoms with Gasteiger partial charge in [-0.2, -0.15) is 5.10 Å². The van der Waals surface area contributed by atoms with Crippen molar-refractivity contribution in [1.82, 2.24) is 19.7 Å². The summed E-state index contributed by atoms with van der Waals surface area (Å²) in [6.45, 7) is 3.77. The number of aromatic nitrogens is 4. The van der Waals surface area contributed by atoms with Gasteiger partial charge in [-0.3, -0.25) is 9.48 Å². The van der Waals surface area contributed by atoms with Crippen LogP contribution < -0.4 is 15.8 Å². The van der Waals surface area contributed by atoms with Gasteiger partial charge >= 0.3 is 0 Å². The number of rotatable bonds is 6. The smallest absolute Gasteiger partial charge is 0.239 e. The largest absolute Gasteiger partial charge is 0.508 e. The van der Waals surface area contributed by atoms with E-state index >= 15 is 0 Å². The molecule has 1 amide bonds. The summed E-state index contributed by atoms with van der Waals surface area (Å²) in [6.07, 6.45) is 4.50. The summed E-state index contributed by atoms with van der Waals surface area (Å²) < 4.78 is 7.20. The summed E-state index contributed by atoms with van der Waals surface area (Å²) >= 11 is 0. The summed E-state index contributed by atoms with van der Waals surface area (Å²) in [4.78, 5) is 19.4. The van der Waals surface area contributed by atoms with Crippen molar-refractivity contribution in [2.45, 2.75) is 26.5 Å². The van der Waals surface area contributed by atoms with Gasteiger partial charge in [0.25, 0.3) is 0 Å². The standard InChI is InChI=1S/C16H18N6O3/c1-9(2)25-13-4-11(23)3-12-15(13)16(19-8-18-12)21-10-5-20-22(6-10)7-14(17)24/h3-6,8-9,23H,7H2,1-2H3,(H2,17,24)(H,18,19,21). The van der Waals surface area contributed by atoms with Crippen molar-refractivity contribution >= 4 is 28.3 Å². The minimum Gasteiger partial charge on any atom is -0.508 e. The van der Waals surface area contributed by atoms with Gasteiger partial charge in [0, 0.05) is 18.3 Å². The second kappa shape index (κ2) is 6.63. The van der Waals surface area contributed by atoms with Crippen LogP contribution in [0.4, 0.5) is 11.5 Å². The molecule has 3 aromatic rings. The Balaban J connectivity index is 2.01. The van der Waals surface area contributed by atoms with E-state index in [4.69, 9.17) is 10.5 Å². The highest BCUT2D eigenvalue weighted by atomic mass is 16.5. The molecule has 9 heteroatoms. The van der Waals surface area contributed by atoms with Gasteiger partial charge < -0.3 is 20.9 Å². The predicted octanol–water partition coefficient (Wildman–Crippen LogP) is 1.55. The van der Waals surface area contributed by atoms with Crippen molar-refractivity contribution in [3.05, 3.63) is 30.9 Å². The Bertz CT molecular complexity index is 921. The van der Waals surface area contributed by atoms with Crippen molar-refractivity contribution in [1.29, 1.82) is 0 Å². The Morgan fingerprint density at radius 1 is 1.40 bits per heavy atom. The van der Waals surface area contributed by atoms with E-state index in [1.807, 2.05) is 13.8 Å². The molecule has 4 N–H and O–H groups in total. The molecule has 0 bridgehead atoms. The number of carbonyl (C=O) groups excluding carboxylic acids is 1. The molecule has 0 spiro atoms. The molecule has 0 saturated carbocycles. The first-order chi connectivity index (χ1) is 11.9. The highest BCUT2D eigenvalue weighted by Crippen LogP contribution is 2.35. The second-order valence-electron chi connectivity index (χ2n) is 5.74. The topological polar surface area (TPSA) is 128 Å². The molecule has 0 aliphatic carbocycles. The Labute approximate surface area is 143 Å². The van der Waals surface area contributed by atoms with Crippen molar-refractivity contribution in [3.63, 3.8) is 0 Å². The van der Waals surface area contributed by atoms with Gasteiger partial charge in [-0.15, -0.1) is 0 Å². The first-order valence-electron chi connectivity index (χ1n) is 7.64. The number of nitrogens with one attached hydrogen (secondary N) is 1. The van der Waals surface area contributed by atoms with Crippen LogP contribution in [0.25, 0.3) is 10.9 Å². The minimum atomic E-state index is -0.481. The molecule has 25 heavy (non-hydrogen) atoms. The number of nitrogens with two attached hydrogens (primary N) is 1. The van der Waals surface area contributed by atoms with Crippen LogP contribution in [-0.2, 0) is 11.3 Å². The van der Waals surface area contributed by atoms with E-state index in [0.29, 0.717) is 28.2 Å². The highest BCUT2D eigenvalue weighted by Gasteiger charge is 2.14. The fourth-order valence-electron chi connectivity index (χ4n) is 2.39. The van der Waals surface area contributed by atoms with E-state index in [0.717, 1.165) is 0 Å². The molecule has 0 aliphatic rings. The lowest BCUT2D eigenvalue weighted by Gasteiger charge is -2.15. The maximum Gasteiger partial charge on any atom is 0.239 e. The van der Waals surface area contributed by atoms with Crippen LogP contribution in [0.3, 0.4) is 0 Å². The Morgan fingerprint density at radius 2 is 2.20 bits per heavy atom. The first kappa shape index (κ1) is 16.5. The number of anilines is 2. The van der Waals surface area contributed by atoms with Gasteiger partial charge in [-0.25, -0.2) is 9.97 Å². The lowest BCUT2D eigenvalue weighted by atomic mass is 10.2. The summed E-state index contributed by atoms with van der Waals surface area (Å²) in [5, 5.41) is 17.7. The number of benzene rings is 1. The number of ether oxygens (including phenoxy) is 1. The van der Waals surface area contributed by atoms with Crippen LogP contribution in [-0.4, -0.2) is 36.9 Å². The van der Waals surface area contributed by atoms with Gasteiger partial charge in [-0.05, 0) is 13.8 Å².